The Morgan fingerprint density at radius 1 is 1.14 bits per heavy atom. The number of amidine groups is 1. The number of nitrogens with zero attached hydrogens (tertiary/aromatic N) is 2. The molecule has 0 saturated carbocycles. The standard InChI is InChI=1S/C18H28N2O2/c1-5-17(20(6-2)7-3)19-16(18(21)22-8-4)14-15-12-10-9-11-13-15/h9-13,16H,5-8,14H2,1-4H3. The molecule has 1 aromatic carbocycles. The molecule has 1 unspecified atom stereocenters. The number of rotatable bonds is 8. The average molecular weight is 304 g/mol. The van der Waals surface area contributed by atoms with E-state index in [1.807, 2.05) is 37.3 Å². The maximum atomic E-state index is 12.3. The van der Waals surface area contributed by atoms with Crippen molar-refractivity contribution < 1.29 is 9.53 Å². The van der Waals surface area contributed by atoms with Gasteiger partial charge in [0.1, 0.15) is 0 Å². The molecule has 122 valence electrons. The smallest absolute Gasteiger partial charge is 0.331 e. The maximum Gasteiger partial charge on any atom is 0.331 e. The number of carbonyl (C=O) groups excluding carboxylic acids is 1. The molecule has 0 N–H and O–H groups in total. The van der Waals surface area contributed by atoms with Crippen LogP contribution in [0.2, 0.25) is 0 Å². The normalized spacial score (nSPS) is 12.8. The molecule has 0 radical (unpaired) electrons. The van der Waals surface area contributed by atoms with E-state index in [4.69, 9.17) is 9.73 Å². The molecule has 0 aliphatic heterocycles. The van der Waals surface area contributed by atoms with Crippen LogP contribution in [0.1, 0.15) is 39.7 Å². The predicted octanol–water partition coefficient (Wildman–Crippen LogP) is 3.31. The molecule has 0 heterocycles. The Kier molecular flexibility index (Phi) is 8.26. The van der Waals surface area contributed by atoms with Gasteiger partial charge in [-0.05, 0) is 26.3 Å². The summed E-state index contributed by atoms with van der Waals surface area (Å²) in [7, 11) is 0. The summed E-state index contributed by atoms with van der Waals surface area (Å²) in [4.78, 5) is 19.2. The van der Waals surface area contributed by atoms with E-state index in [2.05, 4.69) is 25.7 Å². The SMILES string of the molecule is CCOC(=O)C(Cc1ccccc1)N=C(CC)N(CC)CC. The van der Waals surface area contributed by atoms with Crippen LogP contribution < -0.4 is 0 Å². The van der Waals surface area contributed by atoms with Crippen molar-refractivity contribution in [1.29, 1.82) is 0 Å². The lowest BCUT2D eigenvalue weighted by Gasteiger charge is -2.24. The van der Waals surface area contributed by atoms with Gasteiger partial charge in [0, 0.05) is 25.9 Å². The van der Waals surface area contributed by atoms with E-state index in [1.54, 1.807) is 0 Å². The number of hydrogen-bond donors (Lipinski definition) is 0. The third-order valence-electron chi connectivity index (χ3n) is 3.58. The van der Waals surface area contributed by atoms with Crippen LogP contribution in [-0.2, 0) is 16.0 Å². The Bertz CT molecular complexity index is 467. The van der Waals surface area contributed by atoms with Crippen molar-refractivity contribution in [1.82, 2.24) is 4.90 Å². The molecule has 0 aromatic heterocycles. The van der Waals surface area contributed by atoms with Crippen LogP contribution in [0, 0.1) is 0 Å². The largest absolute Gasteiger partial charge is 0.464 e. The predicted molar refractivity (Wildman–Crippen MR) is 91.2 cm³/mol. The van der Waals surface area contributed by atoms with Crippen LogP contribution in [0.15, 0.2) is 35.3 Å². The lowest BCUT2D eigenvalue weighted by Crippen LogP contribution is -2.34. The minimum absolute atomic E-state index is 0.246. The molecular formula is C18H28N2O2. The molecule has 0 amide bonds. The summed E-state index contributed by atoms with van der Waals surface area (Å²) in [5, 5.41) is 0. The number of hydrogen-bond acceptors (Lipinski definition) is 3. The lowest BCUT2D eigenvalue weighted by atomic mass is 10.1. The Morgan fingerprint density at radius 2 is 1.77 bits per heavy atom. The molecule has 4 nitrogen and oxygen atoms in total. The minimum atomic E-state index is -0.474. The van der Waals surface area contributed by atoms with Gasteiger partial charge >= 0.3 is 5.97 Å². The molecule has 1 aromatic rings. The highest BCUT2D eigenvalue weighted by Crippen LogP contribution is 2.10. The number of aliphatic imine (C=N–C) groups is 1. The monoisotopic (exact) mass is 304 g/mol. The van der Waals surface area contributed by atoms with Crippen LogP contribution >= 0.6 is 0 Å². The van der Waals surface area contributed by atoms with Crippen LogP contribution in [0.4, 0.5) is 0 Å². The van der Waals surface area contributed by atoms with Crippen LogP contribution in [0.25, 0.3) is 0 Å². The summed E-state index contributed by atoms with van der Waals surface area (Å²) < 4.78 is 5.20. The zero-order valence-electron chi connectivity index (χ0n) is 14.2. The van der Waals surface area contributed by atoms with Crippen molar-refractivity contribution in [2.75, 3.05) is 19.7 Å². The summed E-state index contributed by atoms with van der Waals surface area (Å²) in [6.07, 6.45) is 1.39. The van der Waals surface area contributed by atoms with E-state index in [-0.39, 0.29) is 5.97 Å². The van der Waals surface area contributed by atoms with E-state index < -0.39 is 6.04 Å². The van der Waals surface area contributed by atoms with Crippen molar-refractivity contribution in [2.45, 2.75) is 46.6 Å². The maximum absolute atomic E-state index is 12.3. The second kappa shape index (κ2) is 9.98. The third-order valence-corrected chi connectivity index (χ3v) is 3.58. The summed E-state index contributed by atoms with van der Waals surface area (Å²) in [6, 6.07) is 9.49. The zero-order chi connectivity index (χ0) is 16.4. The molecule has 1 atom stereocenters. The van der Waals surface area contributed by atoms with E-state index in [1.165, 1.54) is 0 Å². The van der Waals surface area contributed by atoms with Crippen molar-refractivity contribution in [3.63, 3.8) is 0 Å². The highest BCUT2D eigenvalue weighted by atomic mass is 16.5. The van der Waals surface area contributed by atoms with Gasteiger partial charge in [-0.1, -0.05) is 37.3 Å². The van der Waals surface area contributed by atoms with Gasteiger partial charge < -0.3 is 9.64 Å². The first kappa shape index (κ1) is 18.2. The fourth-order valence-electron chi connectivity index (χ4n) is 2.42. The van der Waals surface area contributed by atoms with E-state index in [9.17, 15) is 4.79 Å². The van der Waals surface area contributed by atoms with Gasteiger partial charge in [0.15, 0.2) is 6.04 Å². The van der Waals surface area contributed by atoms with Crippen molar-refractivity contribution >= 4 is 11.8 Å². The van der Waals surface area contributed by atoms with Gasteiger partial charge in [-0.25, -0.2) is 4.79 Å². The topological polar surface area (TPSA) is 41.9 Å². The van der Waals surface area contributed by atoms with Crippen LogP contribution in [0.3, 0.4) is 0 Å². The quantitative estimate of drug-likeness (QED) is 0.420. The molecule has 0 aliphatic carbocycles. The molecule has 0 bridgehead atoms. The average Bonchev–Trinajstić information content (AvgIpc) is 2.55. The molecule has 4 heteroatoms. The molecule has 22 heavy (non-hydrogen) atoms. The number of esters is 1. The fraction of sp³-hybridized carbons (Fsp3) is 0.556. The highest BCUT2D eigenvalue weighted by molar-refractivity contribution is 5.86. The van der Waals surface area contributed by atoms with Crippen molar-refractivity contribution in [3.8, 4) is 0 Å². The second-order valence-corrected chi connectivity index (χ2v) is 5.03. The van der Waals surface area contributed by atoms with Crippen molar-refractivity contribution in [3.05, 3.63) is 35.9 Å². The minimum Gasteiger partial charge on any atom is -0.464 e. The Hall–Kier alpha value is -1.84. The molecule has 0 spiro atoms. The Morgan fingerprint density at radius 3 is 2.27 bits per heavy atom. The molecule has 1 rings (SSSR count). The first-order valence-corrected chi connectivity index (χ1v) is 8.18. The van der Waals surface area contributed by atoms with Crippen LogP contribution in [0.5, 0.6) is 0 Å². The summed E-state index contributed by atoms with van der Waals surface area (Å²) in [5.41, 5.74) is 1.10. The number of carbonyl (C=O) groups is 1. The second-order valence-electron chi connectivity index (χ2n) is 5.03. The van der Waals surface area contributed by atoms with E-state index in [0.29, 0.717) is 13.0 Å². The van der Waals surface area contributed by atoms with Crippen molar-refractivity contribution in [2.24, 2.45) is 4.99 Å². The summed E-state index contributed by atoms with van der Waals surface area (Å²) >= 11 is 0. The van der Waals surface area contributed by atoms with E-state index >= 15 is 0 Å². The number of ether oxygens (including phenoxy) is 1. The fourth-order valence-corrected chi connectivity index (χ4v) is 2.42. The Balaban J connectivity index is 3.00. The van der Waals surface area contributed by atoms with E-state index in [0.717, 1.165) is 30.9 Å². The highest BCUT2D eigenvalue weighted by Gasteiger charge is 2.21. The summed E-state index contributed by atoms with van der Waals surface area (Å²) in [5.74, 6) is 0.725. The molecule has 0 fully saturated rings. The van der Waals surface area contributed by atoms with Gasteiger partial charge in [0.25, 0.3) is 0 Å². The van der Waals surface area contributed by atoms with Gasteiger partial charge in [0.05, 0.1) is 12.4 Å². The third kappa shape index (κ3) is 5.51. The van der Waals surface area contributed by atoms with Gasteiger partial charge in [-0.3, -0.25) is 4.99 Å². The molecular weight excluding hydrogens is 276 g/mol. The molecule has 0 aliphatic rings. The van der Waals surface area contributed by atoms with Gasteiger partial charge in [0.2, 0.25) is 0 Å². The van der Waals surface area contributed by atoms with Crippen LogP contribution in [-0.4, -0.2) is 42.4 Å². The number of benzene rings is 1. The first-order valence-electron chi connectivity index (χ1n) is 8.18. The lowest BCUT2D eigenvalue weighted by molar-refractivity contribution is -0.144. The summed E-state index contributed by atoms with van der Waals surface area (Å²) in [6.45, 7) is 10.3. The van der Waals surface area contributed by atoms with Gasteiger partial charge in [-0.2, -0.15) is 0 Å². The van der Waals surface area contributed by atoms with Gasteiger partial charge in [-0.15, -0.1) is 0 Å². The molecule has 0 saturated heterocycles. The first-order chi connectivity index (χ1) is 10.7. The zero-order valence-corrected chi connectivity index (χ0v) is 14.2. The Labute approximate surface area is 134 Å².